The van der Waals surface area contributed by atoms with Crippen LogP contribution in [0, 0.1) is 5.41 Å². The summed E-state index contributed by atoms with van der Waals surface area (Å²) in [5.74, 6) is 0.0272. The molecule has 0 aliphatic heterocycles. The highest BCUT2D eigenvalue weighted by molar-refractivity contribution is 6.53. The van der Waals surface area contributed by atoms with Crippen LogP contribution in [0.15, 0.2) is 0 Å². The van der Waals surface area contributed by atoms with E-state index in [1.54, 1.807) is 0 Å². The first-order chi connectivity index (χ1) is 6.96. The van der Waals surface area contributed by atoms with E-state index in [-0.39, 0.29) is 5.91 Å². The zero-order valence-electron chi connectivity index (χ0n) is 8.98. The van der Waals surface area contributed by atoms with Crippen LogP contribution in [0.25, 0.3) is 0 Å². The maximum atomic E-state index is 11.9. The third kappa shape index (κ3) is 2.12. The molecule has 0 spiro atoms. The van der Waals surface area contributed by atoms with Crippen LogP contribution >= 0.6 is 23.2 Å². The van der Waals surface area contributed by atoms with Crippen molar-refractivity contribution in [2.45, 2.75) is 55.8 Å². The maximum Gasteiger partial charge on any atom is 0.229 e. The molecule has 0 bridgehead atoms. The summed E-state index contributed by atoms with van der Waals surface area (Å²) in [5.41, 5.74) is -0.562. The van der Waals surface area contributed by atoms with E-state index in [1.807, 2.05) is 6.92 Å². The second kappa shape index (κ2) is 3.81. The SMILES string of the molecule is C[C@@]1(C(=O)NC2CCCCC2)CC1(Cl)Cl. The summed E-state index contributed by atoms with van der Waals surface area (Å²) in [4.78, 5) is 11.9. The summed E-state index contributed by atoms with van der Waals surface area (Å²) >= 11 is 11.9. The van der Waals surface area contributed by atoms with E-state index in [4.69, 9.17) is 23.2 Å². The average molecular weight is 250 g/mol. The Morgan fingerprint density at radius 3 is 2.27 bits per heavy atom. The Morgan fingerprint density at radius 2 is 1.80 bits per heavy atom. The molecule has 0 heterocycles. The molecule has 0 aromatic rings. The first-order valence-corrected chi connectivity index (χ1v) is 6.40. The fraction of sp³-hybridized carbons (Fsp3) is 0.909. The lowest BCUT2D eigenvalue weighted by atomic mass is 9.95. The van der Waals surface area contributed by atoms with Crippen molar-refractivity contribution < 1.29 is 4.79 Å². The van der Waals surface area contributed by atoms with Gasteiger partial charge in [0.2, 0.25) is 5.91 Å². The molecule has 15 heavy (non-hydrogen) atoms. The standard InChI is InChI=1S/C11H17Cl2NO/c1-10(7-11(10,12)13)9(15)14-8-5-3-2-4-6-8/h8H,2-7H2,1H3,(H,14,15)/t10-/m0/s1. The smallest absolute Gasteiger partial charge is 0.229 e. The van der Waals surface area contributed by atoms with Gasteiger partial charge in [0.05, 0.1) is 5.41 Å². The Labute approximate surface area is 101 Å². The summed E-state index contributed by atoms with van der Waals surface area (Å²) in [6, 6.07) is 0.341. The molecular weight excluding hydrogens is 233 g/mol. The molecule has 2 rings (SSSR count). The minimum atomic E-state index is -0.842. The highest BCUT2D eigenvalue weighted by atomic mass is 35.5. The van der Waals surface area contributed by atoms with Crippen molar-refractivity contribution in [2.24, 2.45) is 5.41 Å². The van der Waals surface area contributed by atoms with Gasteiger partial charge in [0, 0.05) is 6.04 Å². The van der Waals surface area contributed by atoms with E-state index in [1.165, 1.54) is 19.3 Å². The van der Waals surface area contributed by atoms with Crippen LogP contribution in [0.2, 0.25) is 0 Å². The summed E-state index contributed by atoms with van der Waals surface area (Å²) in [5, 5.41) is 3.07. The molecule has 4 heteroatoms. The third-order valence-electron chi connectivity index (χ3n) is 3.70. The summed E-state index contributed by atoms with van der Waals surface area (Å²) in [6.45, 7) is 1.84. The Bertz CT molecular complexity index is 274. The van der Waals surface area contributed by atoms with Gasteiger partial charge in [-0.05, 0) is 26.2 Å². The first kappa shape index (κ1) is 11.5. The highest BCUT2D eigenvalue weighted by Crippen LogP contribution is 2.63. The lowest BCUT2D eigenvalue weighted by molar-refractivity contribution is -0.126. The van der Waals surface area contributed by atoms with E-state index in [0.717, 1.165) is 12.8 Å². The fourth-order valence-corrected chi connectivity index (χ4v) is 2.94. The first-order valence-electron chi connectivity index (χ1n) is 5.64. The molecule has 0 unspecified atom stereocenters. The Morgan fingerprint density at radius 1 is 1.27 bits per heavy atom. The van der Waals surface area contributed by atoms with Crippen molar-refractivity contribution in [2.75, 3.05) is 0 Å². The van der Waals surface area contributed by atoms with Crippen molar-refractivity contribution in [3.63, 3.8) is 0 Å². The third-order valence-corrected chi connectivity index (χ3v) is 4.80. The van der Waals surface area contributed by atoms with Crippen molar-refractivity contribution >= 4 is 29.1 Å². The van der Waals surface area contributed by atoms with Crippen LogP contribution in [0.5, 0.6) is 0 Å². The van der Waals surface area contributed by atoms with E-state index in [9.17, 15) is 4.79 Å². The number of halogens is 2. The molecule has 2 saturated carbocycles. The molecule has 0 saturated heterocycles. The van der Waals surface area contributed by atoms with Crippen LogP contribution in [-0.4, -0.2) is 16.3 Å². The number of rotatable bonds is 2. The number of carbonyl (C=O) groups excluding carboxylic acids is 1. The van der Waals surface area contributed by atoms with Gasteiger partial charge < -0.3 is 5.32 Å². The zero-order valence-corrected chi connectivity index (χ0v) is 10.5. The molecule has 1 atom stereocenters. The van der Waals surface area contributed by atoms with Gasteiger partial charge in [0.15, 0.2) is 0 Å². The van der Waals surface area contributed by atoms with Crippen molar-refractivity contribution in [3.05, 3.63) is 0 Å². The number of amides is 1. The van der Waals surface area contributed by atoms with Crippen molar-refractivity contribution in [3.8, 4) is 0 Å². The van der Waals surface area contributed by atoms with Crippen molar-refractivity contribution in [1.29, 1.82) is 0 Å². The van der Waals surface area contributed by atoms with E-state index < -0.39 is 9.75 Å². The van der Waals surface area contributed by atoms with Gasteiger partial charge in [-0.1, -0.05) is 19.3 Å². The van der Waals surface area contributed by atoms with Gasteiger partial charge in [0.25, 0.3) is 0 Å². The quantitative estimate of drug-likeness (QED) is 0.750. The number of hydrogen-bond acceptors (Lipinski definition) is 1. The van der Waals surface area contributed by atoms with Gasteiger partial charge in [-0.15, -0.1) is 23.2 Å². The van der Waals surface area contributed by atoms with Crippen LogP contribution in [0.1, 0.15) is 45.4 Å². The molecule has 0 radical (unpaired) electrons. The molecule has 0 aromatic heterocycles. The molecule has 2 nitrogen and oxygen atoms in total. The number of alkyl halides is 2. The van der Waals surface area contributed by atoms with E-state index >= 15 is 0 Å². The topological polar surface area (TPSA) is 29.1 Å². The van der Waals surface area contributed by atoms with Gasteiger partial charge in [-0.25, -0.2) is 0 Å². The van der Waals surface area contributed by atoms with Crippen molar-refractivity contribution in [1.82, 2.24) is 5.32 Å². The minimum absolute atomic E-state index is 0.0272. The minimum Gasteiger partial charge on any atom is -0.353 e. The molecule has 2 aliphatic rings. The molecule has 86 valence electrons. The van der Waals surface area contributed by atoms with Gasteiger partial charge in [-0.3, -0.25) is 4.79 Å². The summed E-state index contributed by atoms with van der Waals surface area (Å²) in [7, 11) is 0. The van der Waals surface area contributed by atoms with E-state index in [0.29, 0.717) is 12.5 Å². The second-order valence-electron chi connectivity index (χ2n) is 5.02. The maximum absolute atomic E-state index is 11.9. The molecule has 0 aromatic carbocycles. The molecule has 1 amide bonds. The Hall–Kier alpha value is 0.0500. The van der Waals surface area contributed by atoms with Gasteiger partial charge >= 0.3 is 0 Å². The summed E-state index contributed by atoms with van der Waals surface area (Å²) < 4.78 is -0.842. The van der Waals surface area contributed by atoms with Gasteiger partial charge in [0.1, 0.15) is 4.33 Å². The molecular formula is C11H17Cl2NO. The number of carbonyl (C=O) groups is 1. The fourth-order valence-electron chi connectivity index (χ4n) is 2.24. The monoisotopic (exact) mass is 249 g/mol. The predicted molar refractivity (Wildman–Crippen MR) is 62.2 cm³/mol. The largest absolute Gasteiger partial charge is 0.353 e. The lowest BCUT2D eigenvalue weighted by Gasteiger charge is -2.24. The normalized spacial score (nSPS) is 34.9. The molecule has 2 fully saturated rings. The lowest BCUT2D eigenvalue weighted by Crippen LogP contribution is -2.41. The zero-order chi connectivity index (χ0) is 11.1. The Balaban J connectivity index is 1.87. The van der Waals surface area contributed by atoms with E-state index in [2.05, 4.69) is 5.32 Å². The number of hydrogen-bond donors (Lipinski definition) is 1. The predicted octanol–water partition coefficient (Wildman–Crippen LogP) is 3.02. The van der Waals surface area contributed by atoms with Gasteiger partial charge in [-0.2, -0.15) is 0 Å². The molecule has 2 aliphatic carbocycles. The molecule has 1 N–H and O–H groups in total. The highest BCUT2D eigenvalue weighted by Gasteiger charge is 2.67. The number of nitrogens with one attached hydrogen (secondary N) is 1. The van der Waals surface area contributed by atoms with Crippen LogP contribution in [-0.2, 0) is 4.79 Å². The van der Waals surface area contributed by atoms with Crippen LogP contribution in [0.3, 0.4) is 0 Å². The van der Waals surface area contributed by atoms with Crippen LogP contribution in [0.4, 0.5) is 0 Å². The van der Waals surface area contributed by atoms with Crippen LogP contribution < -0.4 is 5.32 Å². The average Bonchev–Trinajstić information content (AvgIpc) is 2.69. The summed E-state index contributed by atoms with van der Waals surface area (Å²) in [6.07, 6.45) is 6.49. The second-order valence-corrected chi connectivity index (χ2v) is 6.51. The Kier molecular flexibility index (Phi) is 2.93.